The van der Waals surface area contributed by atoms with Gasteiger partial charge in [-0.15, -0.1) is 0 Å². The van der Waals surface area contributed by atoms with Gasteiger partial charge in [-0.25, -0.2) is 0 Å². The zero-order valence-electron chi connectivity index (χ0n) is 14.0. The minimum atomic E-state index is -3.75. The van der Waals surface area contributed by atoms with Gasteiger partial charge < -0.3 is 0 Å². The predicted molar refractivity (Wildman–Crippen MR) is 83.8 cm³/mol. The van der Waals surface area contributed by atoms with Crippen LogP contribution in [0, 0.1) is 0 Å². The van der Waals surface area contributed by atoms with E-state index in [-0.39, 0.29) is 0 Å². The quantitative estimate of drug-likeness (QED) is 0.371. The van der Waals surface area contributed by atoms with Crippen molar-refractivity contribution in [3.8, 4) is 0 Å². The summed E-state index contributed by atoms with van der Waals surface area (Å²) in [5, 5.41) is 0. The van der Waals surface area contributed by atoms with Crippen LogP contribution >= 0.6 is 0 Å². The Bertz CT molecular complexity index is 219. The first-order valence-corrected chi connectivity index (χ1v) is 20.3. The Kier molecular flexibility index (Phi) is 3.18. The van der Waals surface area contributed by atoms with Gasteiger partial charge in [0.25, 0.3) is 0 Å². The van der Waals surface area contributed by atoms with Crippen LogP contribution in [-0.2, 0) is 11.1 Å². The summed E-state index contributed by atoms with van der Waals surface area (Å²) in [6.45, 7) is 20.3. The average Bonchev–Trinajstić information content (AvgIpc) is 2.48. The summed E-state index contributed by atoms with van der Waals surface area (Å²) in [6, 6.07) is 0. The van der Waals surface area contributed by atoms with Crippen LogP contribution in [0.25, 0.3) is 0 Å². The van der Waals surface area contributed by atoms with Crippen LogP contribution in [0.1, 0.15) is 55.4 Å². The number of hydrogen-bond acceptors (Lipinski definition) is 0. The minimum absolute atomic E-state index is 1.47. The molecule has 0 aromatic rings. The first-order valence-electron chi connectivity index (χ1n) is 7.45. The molecule has 114 valence electrons. The van der Waals surface area contributed by atoms with Crippen molar-refractivity contribution in [2.45, 2.75) is 93.9 Å². The van der Waals surface area contributed by atoms with E-state index in [4.69, 9.17) is 0 Å². The van der Waals surface area contributed by atoms with Gasteiger partial charge in [0.15, 0.2) is 0 Å². The van der Waals surface area contributed by atoms with Crippen LogP contribution in [-0.4, -0.2) is 0 Å². The monoisotopic (exact) mass is 427 g/mol. The molecular formula is C16H40Pt. The molecule has 0 fully saturated rings. The molecule has 0 aliphatic rings. The second kappa shape index (κ2) is 3.05. The van der Waals surface area contributed by atoms with Crippen LogP contribution < -0.4 is 0 Å². The molecule has 0 bridgehead atoms. The average molecular weight is 428 g/mol. The summed E-state index contributed by atoms with van der Waals surface area (Å²) in [6.07, 6.45) is 0. The van der Waals surface area contributed by atoms with Gasteiger partial charge in [0.05, 0.1) is 0 Å². The Labute approximate surface area is 105 Å². The normalized spacial score (nSPS) is 22.1. The molecule has 1 heteroatoms. The molecule has 0 aliphatic carbocycles. The van der Waals surface area contributed by atoms with Gasteiger partial charge in [-0.1, -0.05) is 0 Å². The molecule has 0 N–H and O–H groups in total. The van der Waals surface area contributed by atoms with Crippen LogP contribution in [0.4, 0.5) is 0 Å². The van der Waals surface area contributed by atoms with Gasteiger partial charge in [-0.05, 0) is 0 Å². The van der Waals surface area contributed by atoms with Crippen molar-refractivity contribution in [2.75, 3.05) is 0 Å². The molecule has 0 nitrogen and oxygen atoms in total. The third kappa shape index (κ3) is 1.12. The Morgan fingerprint density at radius 2 is 0.471 bits per heavy atom. The molecule has 0 amide bonds. The zero-order chi connectivity index (χ0) is 14.0. The molecular weight excluding hydrogens is 387 g/mol. The van der Waals surface area contributed by atoms with Crippen molar-refractivity contribution in [2.24, 2.45) is 0 Å². The zero-order valence-corrected chi connectivity index (χ0v) is 16.2. The molecule has 0 aliphatic heterocycles. The van der Waals surface area contributed by atoms with Crippen LogP contribution in [0.2, 0.25) is 38.5 Å². The predicted octanol–water partition coefficient (Wildman–Crippen LogP) is 7.79. The molecule has 0 rings (SSSR count). The maximum absolute atomic E-state index is 3.75. The summed E-state index contributed by atoms with van der Waals surface area (Å²) in [4.78, 5) is 11.7. The van der Waals surface area contributed by atoms with E-state index in [1.54, 1.807) is 0 Å². The fourth-order valence-corrected chi connectivity index (χ4v) is 36.2. The van der Waals surface area contributed by atoms with Gasteiger partial charge in [0.1, 0.15) is 0 Å². The Morgan fingerprint density at radius 1 is 0.353 bits per heavy atom. The van der Waals surface area contributed by atoms with Crippen molar-refractivity contribution in [3.05, 3.63) is 0 Å². The van der Waals surface area contributed by atoms with Crippen molar-refractivity contribution in [1.29, 1.82) is 0 Å². The number of hydrogen-bond donors (Lipinski definition) is 0. The van der Waals surface area contributed by atoms with Gasteiger partial charge in [-0.2, -0.15) is 0 Å². The maximum atomic E-state index is 2.54. The Balaban J connectivity index is 7.21. The van der Waals surface area contributed by atoms with E-state index >= 15 is 0 Å². The summed E-state index contributed by atoms with van der Waals surface area (Å²) in [5.41, 5.74) is 0. The first kappa shape index (κ1) is 17.7. The molecule has 0 unspecified atom stereocenters. The van der Waals surface area contributed by atoms with E-state index in [1.165, 1.54) is 38.5 Å². The van der Waals surface area contributed by atoms with E-state index in [0.717, 1.165) is 0 Å². The van der Waals surface area contributed by atoms with Crippen LogP contribution in [0.5, 0.6) is 0 Å². The molecule has 0 spiro atoms. The van der Waals surface area contributed by atoms with Gasteiger partial charge in [0, 0.05) is 0 Å². The molecule has 0 aromatic heterocycles. The van der Waals surface area contributed by atoms with Gasteiger partial charge >= 0.3 is 105 Å². The van der Waals surface area contributed by atoms with E-state index in [9.17, 15) is 0 Å². The molecule has 0 radical (unpaired) electrons. The Morgan fingerprint density at radius 3 is 0.471 bits per heavy atom. The molecule has 0 saturated carbocycles. The van der Waals surface area contributed by atoms with Crippen molar-refractivity contribution in [3.63, 3.8) is 0 Å². The molecule has 0 saturated heterocycles. The third-order valence-corrected chi connectivity index (χ3v) is 72.5. The summed E-state index contributed by atoms with van der Waals surface area (Å²) >= 11 is -3.75. The second-order valence-electron chi connectivity index (χ2n) is 6.22. The molecule has 0 atom stereocenters. The van der Waals surface area contributed by atoms with Crippen molar-refractivity contribution in [1.82, 2.24) is 0 Å². The van der Waals surface area contributed by atoms with Crippen molar-refractivity contribution < 1.29 is 11.1 Å². The number of rotatable bonds is 8. The van der Waals surface area contributed by atoms with E-state index in [1.807, 2.05) is 0 Å². The van der Waals surface area contributed by atoms with Gasteiger partial charge in [0.2, 0.25) is 0 Å². The summed E-state index contributed by atoms with van der Waals surface area (Å²) in [5.74, 6) is 0. The molecule has 17 heavy (non-hydrogen) atoms. The topological polar surface area (TPSA) is 0 Å². The van der Waals surface area contributed by atoms with Crippen LogP contribution in [0.3, 0.4) is 0 Å². The van der Waals surface area contributed by atoms with Crippen LogP contribution in [0.15, 0.2) is 0 Å². The van der Waals surface area contributed by atoms with E-state index in [2.05, 4.69) is 55.4 Å². The summed E-state index contributed by atoms with van der Waals surface area (Å²) in [7, 11) is 0. The second-order valence-corrected chi connectivity index (χ2v) is 50.9. The van der Waals surface area contributed by atoms with Crippen molar-refractivity contribution >= 4 is 0 Å². The van der Waals surface area contributed by atoms with E-state index < -0.39 is 11.1 Å². The fourth-order valence-electron chi connectivity index (χ4n) is 4.43. The van der Waals surface area contributed by atoms with E-state index in [0.29, 0.717) is 0 Å². The third-order valence-electron chi connectivity index (χ3n) is 8.85. The Hall–Kier alpha value is 0.688. The SMILES string of the molecule is C[CH2][Pt]([CH2]C)([CH2]C)([CH2]C)([CH2]C)([CH2]C)([CH2]C)[CH2]C. The van der Waals surface area contributed by atoms with Gasteiger partial charge in [-0.3, -0.25) is 0 Å². The molecule has 0 aromatic carbocycles. The summed E-state index contributed by atoms with van der Waals surface area (Å²) < 4.78 is 0. The molecule has 0 heterocycles. The first-order chi connectivity index (χ1) is 7.66. The standard InChI is InChI=1S/8C2H5.Pt/c8*1-2;/h8*1H2,2H3;. The fraction of sp³-hybridized carbons (Fsp3) is 1.00.